The van der Waals surface area contributed by atoms with Gasteiger partial charge < -0.3 is 0 Å². The van der Waals surface area contributed by atoms with Crippen molar-refractivity contribution < 1.29 is 19.2 Å². The van der Waals surface area contributed by atoms with E-state index in [-0.39, 0.29) is 42.9 Å². The molecule has 6 nitrogen and oxygen atoms in total. The summed E-state index contributed by atoms with van der Waals surface area (Å²) in [6, 6.07) is -0.803. The van der Waals surface area contributed by atoms with Crippen molar-refractivity contribution in [2.24, 2.45) is 5.92 Å². The molecule has 0 aliphatic carbocycles. The van der Waals surface area contributed by atoms with Crippen LogP contribution in [0.4, 0.5) is 0 Å². The lowest BCUT2D eigenvalue weighted by Crippen LogP contribution is -2.54. The van der Waals surface area contributed by atoms with Crippen LogP contribution in [-0.2, 0) is 19.2 Å². The molecule has 0 bridgehead atoms. The summed E-state index contributed by atoms with van der Waals surface area (Å²) in [5.41, 5.74) is 0. The first-order valence-electron chi connectivity index (χ1n) is 5.20. The molecule has 0 aromatic heterocycles. The average molecular weight is 224 g/mol. The van der Waals surface area contributed by atoms with Gasteiger partial charge in [0, 0.05) is 18.8 Å². The molecule has 2 saturated heterocycles. The molecule has 2 aliphatic rings. The lowest BCUT2D eigenvalue weighted by atomic mass is 10.0. The van der Waals surface area contributed by atoms with E-state index in [1.807, 2.05) is 0 Å². The minimum absolute atomic E-state index is 0.149. The monoisotopic (exact) mass is 224 g/mol. The Morgan fingerprint density at radius 1 is 1.25 bits per heavy atom. The number of carbonyl (C=O) groups is 4. The molecule has 6 heteroatoms. The minimum atomic E-state index is -0.803. The van der Waals surface area contributed by atoms with Crippen LogP contribution >= 0.6 is 0 Å². The van der Waals surface area contributed by atoms with Gasteiger partial charge in [-0.2, -0.15) is 0 Å². The fraction of sp³-hybridized carbons (Fsp3) is 0.600. The van der Waals surface area contributed by atoms with Crippen LogP contribution in [0.2, 0.25) is 0 Å². The van der Waals surface area contributed by atoms with E-state index in [1.54, 1.807) is 6.92 Å². The van der Waals surface area contributed by atoms with Crippen LogP contribution in [-0.4, -0.2) is 34.6 Å². The van der Waals surface area contributed by atoms with Gasteiger partial charge in [-0.05, 0) is 6.42 Å². The van der Waals surface area contributed by atoms with Crippen LogP contribution in [0.15, 0.2) is 0 Å². The van der Waals surface area contributed by atoms with Gasteiger partial charge in [-0.15, -0.1) is 0 Å². The summed E-state index contributed by atoms with van der Waals surface area (Å²) in [7, 11) is 0. The second kappa shape index (κ2) is 3.70. The third-order valence-electron chi connectivity index (χ3n) is 2.93. The fourth-order valence-corrected chi connectivity index (χ4v) is 2.06. The third kappa shape index (κ3) is 1.60. The van der Waals surface area contributed by atoms with Gasteiger partial charge in [0.2, 0.25) is 23.6 Å². The van der Waals surface area contributed by atoms with E-state index in [9.17, 15) is 19.2 Å². The molecule has 2 fully saturated rings. The van der Waals surface area contributed by atoms with E-state index in [1.165, 1.54) is 0 Å². The van der Waals surface area contributed by atoms with Gasteiger partial charge in [0.05, 0.1) is 0 Å². The number of nitrogens with zero attached hydrogens (tertiary/aromatic N) is 1. The van der Waals surface area contributed by atoms with Crippen molar-refractivity contribution in [1.82, 2.24) is 10.2 Å². The zero-order chi connectivity index (χ0) is 11.9. The lowest BCUT2D eigenvalue weighted by Gasteiger charge is -2.28. The van der Waals surface area contributed by atoms with Crippen LogP contribution in [0, 0.1) is 5.92 Å². The number of carbonyl (C=O) groups excluding carboxylic acids is 4. The Hall–Kier alpha value is -1.72. The Balaban J connectivity index is 2.19. The number of amides is 4. The Morgan fingerprint density at radius 2 is 1.94 bits per heavy atom. The van der Waals surface area contributed by atoms with E-state index in [0.29, 0.717) is 0 Å². The maximum atomic E-state index is 11.7. The van der Waals surface area contributed by atoms with Gasteiger partial charge in [-0.25, -0.2) is 0 Å². The van der Waals surface area contributed by atoms with Gasteiger partial charge in [0.1, 0.15) is 6.04 Å². The smallest absolute Gasteiger partial charge is 0.249 e. The van der Waals surface area contributed by atoms with E-state index in [2.05, 4.69) is 5.32 Å². The summed E-state index contributed by atoms with van der Waals surface area (Å²) >= 11 is 0. The van der Waals surface area contributed by atoms with E-state index in [4.69, 9.17) is 0 Å². The predicted octanol–water partition coefficient (Wildman–Crippen LogP) is -0.813. The third-order valence-corrected chi connectivity index (χ3v) is 2.93. The van der Waals surface area contributed by atoms with Crippen LogP contribution in [0.3, 0.4) is 0 Å². The zero-order valence-corrected chi connectivity index (χ0v) is 8.86. The highest BCUT2D eigenvalue weighted by Crippen LogP contribution is 2.24. The first-order chi connectivity index (χ1) is 7.50. The highest BCUT2D eigenvalue weighted by molar-refractivity contribution is 6.09. The normalized spacial score (nSPS) is 30.9. The summed E-state index contributed by atoms with van der Waals surface area (Å²) in [5, 5.41) is 2.14. The number of nitrogens with one attached hydrogen (secondary N) is 1. The highest BCUT2D eigenvalue weighted by Gasteiger charge is 2.44. The summed E-state index contributed by atoms with van der Waals surface area (Å²) < 4.78 is 0. The topological polar surface area (TPSA) is 83.6 Å². The summed E-state index contributed by atoms with van der Waals surface area (Å²) in [6.07, 6.45) is 0.549. The van der Waals surface area contributed by atoms with Crippen molar-refractivity contribution in [2.45, 2.75) is 32.2 Å². The van der Waals surface area contributed by atoms with Crippen molar-refractivity contribution in [3.8, 4) is 0 Å². The Morgan fingerprint density at radius 3 is 2.44 bits per heavy atom. The molecule has 0 spiro atoms. The molecular weight excluding hydrogens is 212 g/mol. The minimum Gasteiger partial charge on any atom is -0.295 e. The molecule has 1 N–H and O–H groups in total. The summed E-state index contributed by atoms with van der Waals surface area (Å²) in [6.45, 7) is 1.66. The van der Waals surface area contributed by atoms with Crippen molar-refractivity contribution in [1.29, 1.82) is 0 Å². The average Bonchev–Trinajstić information content (AvgIpc) is 2.43. The second-order valence-corrected chi connectivity index (χ2v) is 4.17. The molecule has 2 rings (SSSR count). The van der Waals surface area contributed by atoms with Crippen LogP contribution < -0.4 is 5.32 Å². The van der Waals surface area contributed by atoms with Crippen LogP contribution in [0.1, 0.15) is 26.2 Å². The van der Waals surface area contributed by atoms with E-state index < -0.39 is 11.9 Å². The lowest BCUT2D eigenvalue weighted by molar-refractivity contribution is -0.151. The number of hydrogen-bond acceptors (Lipinski definition) is 4. The molecule has 2 heterocycles. The van der Waals surface area contributed by atoms with E-state index >= 15 is 0 Å². The van der Waals surface area contributed by atoms with Crippen molar-refractivity contribution in [2.75, 3.05) is 0 Å². The largest absolute Gasteiger partial charge is 0.295 e. The molecule has 2 aliphatic heterocycles. The molecule has 86 valence electrons. The molecule has 0 aromatic rings. The van der Waals surface area contributed by atoms with Gasteiger partial charge in [0.15, 0.2) is 0 Å². The number of likely N-dealkylation sites (tertiary alicyclic amines) is 1. The van der Waals surface area contributed by atoms with Crippen molar-refractivity contribution >= 4 is 23.6 Å². The fourth-order valence-electron chi connectivity index (χ4n) is 2.06. The Bertz CT molecular complexity index is 390. The summed E-state index contributed by atoms with van der Waals surface area (Å²) in [4.78, 5) is 46.7. The Kier molecular flexibility index (Phi) is 2.49. The molecule has 0 radical (unpaired) electrons. The number of hydrogen-bond donors (Lipinski definition) is 1. The van der Waals surface area contributed by atoms with Gasteiger partial charge >= 0.3 is 0 Å². The zero-order valence-electron chi connectivity index (χ0n) is 8.86. The quantitative estimate of drug-likeness (QED) is 0.590. The maximum absolute atomic E-state index is 11.7. The van der Waals surface area contributed by atoms with E-state index in [0.717, 1.165) is 4.90 Å². The molecule has 4 amide bonds. The maximum Gasteiger partial charge on any atom is 0.249 e. The molecule has 16 heavy (non-hydrogen) atoms. The second-order valence-electron chi connectivity index (χ2n) is 4.17. The highest BCUT2D eigenvalue weighted by atomic mass is 16.2. The molecule has 0 saturated carbocycles. The van der Waals surface area contributed by atoms with Gasteiger partial charge in [-0.3, -0.25) is 29.4 Å². The standard InChI is InChI=1S/C10H12N2O4/c1-5-4-8(14)12(10(5)16)6-2-3-7(13)11-9(6)15/h5-6H,2-4H2,1H3,(H,11,13,15)/t5-,6-/m0/s1. The SMILES string of the molecule is C[C@H]1CC(=O)N([C@H]2CCC(=O)NC2=O)C1=O. The molecular formula is C10H12N2O4. The van der Waals surface area contributed by atoms with Gasteiger partial charge in [-0.1, -0.05) is 6.92 Å². The Labute approximate surface area is 92.0 Å². The molecule has 0 unspecified atom stereocenters. The first-order valence-corrected chi connectivity index (χ1v) is 5.20. The van der Waals surface area contributed by atoms with Crippen molar-refractivity contribution in [3.05, 3.63) is 0 Å². The van der Waals surface area contributed by atoms with Crippen LogP contribution in [0.5, 0.6) is 0 Å². The van der Waals surface area contributed by atoms with Gasteiger partial charge in [0.25, 0.3) is 0 Å². The van der Waals surface area contributed by atoms with Crippen molar-refractivity contribution in [3.63, 3.8) is 0 Å². The number of piperidine rings is 1. The predicted molar refractivity (Wildman–Crippen MR) is 51.8 cm³/mol. The number of imide groups is 2. The van der Waals surface area contributed by atoms with Crippen LogP contribution in [0.25, 0.3) is 0 Å². The number of rotatable bonds is 1. The molecule has 2 atom stereocenters. The first kappa shape index (κ1) is 10.8. The summed E-state index contributed by atoms with van der Waals surface area (Å²) in [5.74, 6) is -1.91. The molecule has 0 aromatic carbocycles.